The normalized spacial score (nSPS) is 26.3. The maximum atomic E-state index is 12.7. The number of carbonyl (C=O) groups is 1. The summed E-state index contributed by atoms with van der Waals surface area (Å²) in [6, 6.07) is 6.27. The summed E-state index contributed by atoms with van der Waals surface area (Å²) in [7, 11) is 0. The SMILES string of the molecule is Cc1ccc2c(c1)CCCN2C(=O)C1(N)CCOC1. The molecule has 0 saturated carbocycles. The van der Waals surface area contributed by atoms with Crippen LogP contribution in [0.2, 0.25) is 0 Å². The van der Waals surface area contributed by atoms with E-state index in [1.54, 1.807) is 0 Å². The van der Waals surface area contributed by atoms with Crippen LogP contribution in [-0.2, 0) is 16.0 Å². The molecule has 3 rings (SSSR count). The number of hydrogen-bond acceptors (Lipinski definition) is 3. The first-order chi connectivity index (χ1) is 9.10. The second-order valence-corrected chi connectivity index (χ2v) is 5.65. The zero-order valence-electron chi connectivity index (χ0n) is 11.3. The highest BCUT2D eigenvalue weighted by atomic mass is 16.5. The van der Waals surface area contributed by atoms with Gasteiger partial charge < -0.3 is 15.4 Å². The first-order valence-electron chi connectivity index (χ1n) is 6.88. The lowest BCUT2D eigenvalue weighted by Gasteiger charge is -2.34. The van der Waals surface area contributed by atoms with Gasteiger partial charge in [0, 0.05) is 18.8 Å². The maximum absolute atomic E-state index is 12.7. The van der Waals surface area contributed by atoms with E-state index in [-0.39, 0.29) is 5.91 Å². The molecule has 1 unspecified atom stereocenters. The van der Waals surface area contributed by atoms with Gasteiger partial charge in [-0.25, -0.2) is 0 Å². The summed E-state index contributed by atoms with van der Waals surface area (Å²) >= 11 is 0. The van der Waals surface area contributed by atoms with Gasteiger partial charge in [-0.1, -0.05) is 17.7 Å². The van der Waals surface area contributed by atoms with Crippen LogP contribution in [0.5, 0.6) is 0 Å². The van der Waals surface area contributed by atoms with Gasteiger partial charge in [-0.15, -0.1) is 0 Å². The molecule has 1 fully saturated rings. The Labute approximate surface area is 113 Å². The number of amides is 1. The lowest BCUT2D eigenvalue weighted by Crippen LogP contribution is -2.57. The van der Waals surface area contributed by atoms with Gasteiger partial charge in [0.2, 0.25) is 5.91 Å². The Bertz CT molecular complexity index is 507. The van der Waals surface area contributed by atoms with E-state index in [2.05, 4.69) is 19.1 Å². The van der Waals surface area contributed by atoms with Crippen molar-refractivity contribution in [3.63, 3.8) is 0 Å². The standard InChI is InChI=1S/C15H20N2O2/c1-11-4-5-13-12(9-11)3-2-7-17(13)14(18)15(16)6-8-19-10-15/h4-5,9H,2-3,6-8,10,16H2,1H3. The van der Waals surface area contributed by atoms with Crippen molar-refractivity contribution >= 4 is 11.6 Å². The van der Waals surface area contributed by atoms with E-state index in [1.165, 1.54) is 11.1 Å². The van der Waals surface area contributed by atoms with Gasteiger partial charge in [0.25, 0.3) is 0 Å². The number of aryl methyl sites for hydroxylation is 2. The predicted molar refractivity (Wildman–Crippen MR) is 74.2 cm³/mol. The van der Waals surface area contributed by atoms with Crippen LogP contribution in [0.25, 0.3) is 0 Å². The molecule has 4 nitrogen and oxygen atoms in total. The summed E-state index contributed by atoms with van der Waals surface area (Å²) < 4.78 is 5.31. The third-order valence-corrected chi connectivity index (χ3v) is 4.08. The molecule has 1 amide bonds. The molecular formula is C15H20N2O2. The molecule has 1 atom stereocenters. The highest BCUT2D eigenvalue weighted by Crippen LogP contribution is 2.31. The zero-order chi connectivity index (χ0) is 13.5. The third-order valence-electron chi connectivity index (χ3n) is 4.08. The van der Waals surface area contributed by atoms with Crippen LogP contribution in [0.3, 0.4) is 0 Å². The molecule has 2 heterocycles. The monoisotopic (exact) mass is 260 g/mol. The van der Waals surface area contributed by atoms with Crippen LogP contribution >= 0.6 is 0 Å². The quantitative estimate of drug-likeness (QED) is 0.830. The summed E-state index contributed by atoms with van der Waals surface area (Å²) in [6.07, 6.45) is 2.65. The average Bonchev–Trinajstić information content (AvgIpc) is 2.85. The van der Waals surface area contributed by atoms with Gasteiger partial charge >= 0.3 is 0 Å². The minimum atomic E-state index is -0.834. The van der Waals surface area contributed by atoms with E-state index < -0.39 is 5.54 Å². The number of anilines is 1. The Morgan fingerprint density at radius 1 is 1.47 bits per heavy atom. The highest BCUT2D eigenvalue weighted by molar-refractivity contribution is 6.01. The number of ether oxygens (including phenoxy) is 1. The molecule has 0 spiro atoms. The minimum Gasteiger partial charge on any atom is -0.379 e. The second-order valence-electron chi connectivity index (χ2n) is 5.65. The largest absolute Gasteiger partial charge is 0.379 e. The predicted octanol–water partition coefficient (Wildman–Crippen LogP) is 1.39. The highest BCUT2D eigenvalue weighted by Gasteiger charge is 2.42. The molecule has 1 aromatic carbocycles. The molecule has 0 radical (unpaired) electrons. The van der Waals surface area contributed by atoms with Crippen molar-refractivity contribution in [3.05, 3.63) is 29.3 Å². The number of nitrogens with zero attached hydrogens (tertiary/aromatic N) is 1. The lowest BCUT2D eigenvalue weighted by molar-refractivity contribution is -0.123. The fourth-order valence-electron chi connectivity index (χ4n) is 2.96. The van der Waals surface area contributed by atoms with Crippen molar-refractivity contribution in [1.82, 2.24) is 0 Å². The fraction of sp³-hybridized carbons (Fsp3) is 0.533. The minimum absolute atomic E-state index is 0.00908. The van der Waals surface area contributed by atoms with Gasteiger partial charge in [0.15, 0.2) is 0 Å². The number of nitrogens with two attached hydrogens (primary N) is 1. The summed E-state index contributed by atoms with van der Waals surface area (Å²) in [5.41, 5.74) is 8.88. The number of carbonyl (C=O) groups excluding carboxylic acids is 1. The van der Waals surface area contributed by atoms with Crippen LogP contribution in [-0.4, -0.2) is 31.2 Å². The van der Waals surface area contributed by atoms with Gasteiger partial charge in [-0.3, -0.25) is 4.79 Å². The molecule has 2 N–H and O–H groups in total. The Morgan fingerprint density at radius 2 is 2.32 bits per heavy atom. The topological polar surface area (TPSA) is 55.6 Å². The maximum Gasteiger partial charge on any atom is 0.249 e. The lowest BCUT2D eigenvalue weighted by atomic mass is 9.94. The van der Waals surface area contributed by atoms with Crippen molar-refractivity contribution in [3.8, 4) is 0 Å². The van der Waals surface area contributed by atoms with Crippen LogP contribution < -0.4 is 10.6 Å². The summed E-state index contributed by atoms with van der Waals surface area (Å²) in [6.45, 7) is 3.75. The fourth-order valence-corrected chi connectivity index (χ4v) is 2.96. The van der Waals surface area contributed by atoms with Gasteiger partial charge in [-0.05, 0) is 37.8 Å². The van der Waals surface area contributed by atoms with E-state index in [4.69, 9.17) is 10.5 Å². The van der Waals surface area contributed by atoms with Crippen LogP contribution in [0.1, 0.15) is 24.0 Å². The van der Waals surface area contributed by atoms with Crippen molar-refractivity contribution in [1.29, 1.82) is 0 Å². The number of hydrogen-bond donors (Lipinski definition) is 1. The second kappa shape index (κ2) is 4.62. The van der Waals surface area contributed by atoms with E-state index in [1.807, 2.05) is 11.0 Å². The third kappa shape index (κ3) is 2.15. The Balaban J connectivity index is 1.93. The summed E-state index contributed by atoms with van der Waals surface area (Å²) in [5, 5.41) is 0. The average molecular weight is 260 g/mol. The van der Waals surface area contributed by atoms with E-state index >= 15 is 0 Å². The molecule has 4 heteroatoms. The molecule has 0 aromatic heterocycles. The molecule has 1 aromatic rings. The van der Waals surface area contributed by atoms with Gasteiger partial charge in [0.05, 0.1) is 6.61 Å². The molecule has 1 saturated heterocycles. The Morgan fingerprint density at radius 3 is 3.05 bits per heavy atom. The first kappa shape index (κ1) is 12.6. The smallest absolute Gasteiger partial charge is 0.249 e. The molecule has 2 aliphatic heterocycles. The summed E-state index contributed by atoms with van der Waals surface area (Å²) in [5.74, 6) is 0.00908. The van der Waals surface area contributed by atoms with Crippen LogP contribution in [0, 0.1) is 6.92 Å². The van der Waals surface area contributed by atoms with Crippen molar-refractivity contribution in [2.75, 3.05) is 24.7 Å². The number of fused-ring (bicyclic) bond motifs is 1. The van der Waals surface area contributed by atoms with E-state index in [9.17, 15) is 4.79 Å². The molecular weight excluding hydrogens is 240 g/mol. The Hall–Kier alpha value is -1.39. The molecule has 2 aliphatic rings. The van der Waals surface area contributed by atoms with Crippen molar-refractivity contribution in [2.24, 2.45) is 5.73 Å². The van der Waals surface area contributed by atoms with E-state index in [0.29, 0.717) is 19.6 Å². The van der Waals surface area contributed by atoms with Gasteiger partial charge in [0.1, 0.15) is 5.54 Å². The zero-order valence-corrected chi connectivity index (χ0v) is 11.3. The number of rotatable bonds is 1. The Kier molecular flexibility index (Phi) is 3.07. The summed E-state index contributed by atoms with van der Waals surface area (Å²) in [4.78, 5) is 14.5. The van der Waals surface area contributed by atoms with Crippen molar-refractivity contribution < 1.29 is 9.53 Å². The van der Waals surface area contributed by atoms with Crippen LogP contribution in [0.15, 0.2) is 18.2 Å². The van der Waals surface area contributed by atoms with Crippen LogP contribution in [0.4, 0.5) is 5.69 Å². The van der Waals surface area contributed by atoms with Gasteiger partial charge in [-0.2, -0.15) is 0 Å². The van der Waals surface area contributed by atoms with Crippen molar-refractivity contribution in [2.45, 2.75) is 31.7 Å². The molecule has 19 heavy (non-hydrogen) atoms. The first-order valence-corrected chi connectivity index (χ1v) is 6.88. The van der Waals surface area contributed by atoms with E-state index in [0.717, 1.165) is 25.1 Å². The molecule has 102 valence electrons. The number of benzene rings is 1. The molecule has 0 bridgehead atoms. The molecule has 0 aliphatic carbocycles.